The van der Waals surface area contributed by atoms with Crippen molar-refractivity contribution in [2.24, 2.45) is 0 Å². The van der Waals surface area contributed by atoms with Crippen LogP contribution in [0.15, 0.2) is 24.5 Å². The number of nitrogens with zero attached hydrogens (tertiary/aromatic N) is 3. The SMILES string of the molecule is Nc1nsc(N2CCCOCC2)c1-c1cccnc1. The quantitative estimate of drug-likeness (QED) is 0.909. The first-order chi connectivity index (χ1) is 9.36. The third kappa shape index (κ3) is 2.54. The van der Waals surface area contributed by atoms with Gasteiger partial charge in [-0.15, -0.1) is 0 Å². The van der Waals surface area contributed by atoms with Gasteiger partial charge in [0.25, 0.3) is 0 Å². The lowest BCUT2D eigenvalue weighted by atomic mass is 10.1. The molecule has 0 saturated carbocycles. The highest BCUT2D eigenvalue weighted by molar-refractivity contribution is 7.11. The van der Waals surface area contributed by atoms with E-state index < -0.39 is 0 Å². The first kappa shape index (κ1) is 12.4. The average molecular weight is 276 g/mol. The van der Waals surface area contributed by atoms with Crippen LogP contribution in [0.4, 0.5) is 10.8 Å². The number of nitrogens with two attached hydrogens (primary N) is 1. The maximum Gasteiger partial charge on any atom is 0.147 e. The van der Waals surface area contributed by atoms with E-state index in [1.54, 1.807) is 6.20 Å². The topological polar surface area (TPSA) is 64.3 Å². The zero-order chi connectivity index (χ0) is 13.1. The number of aromatic nitrogens is 2. The molecule has 0 amide bonds. The van der Waals surface area contributed by atoms with Gasteiger partial charge in [-0.3, -0.25) is 4.98 Å². The molecule has 6 heteroatoms. The summed E-state index contributed by atoms with van der Waals surface area (Å²) >= 11 is 1.45. The molecule has 2 N–H and O–H groups in total. The molecule has 1 aliphatic rings. The fraction of sp³-hybridized carbons (Fsp3) is 0.385. The van der Waals surface area contributed by atoms with Gasteiger partial charge in [-0.2, -0.15) is 4.37 Å². The van der Waals surface area contributed by atoms with E-state index in [-0.39, 0.29) is 0 Å². The molecule has 1 aliphatic heterocycles. The third-order valence-electron chi connectivity index (χ3n) is 3.16. The normalized spacial score (nSPS) is 16.3. The van der Waals surface area contributed by atoms with Gasteiger partial charge in [-0.25, -0.2) is 0 Å². The molecule has 2 aromatic rings. The molecule has 0 spiro atoms. The molecular formula is C13H16N4OS. The van der Waals surface area contributed by atoms with E-state index >= 15 is 0 Å². The molecule has 2 aromatic heterocycles. The van der Waals surface area contributed by atoms with E-state index in [4.69, 9.17) is 10.5 Å². The summed E-state index contributed by atoms with van der Waals surface area (Å²) in [5.41, 5.74) is 8.05. The monoisotopic (exact) mass is 276 g/mol. The molecule has 1 fully saturated rings. The summed E-state index contributed by atoms with van der Waals surface area (Å²) in [6.07, 6.45) is 4.63. The van der Waals surface area contributed by atoms with Gasteiger partial charge in [0.05, 0.1) is 12.2 Å². The number of rotatable bonds is 2. The predicted molar refractivity (Wildman–Crippen MR) is 77.4 cm³/mol. The molecule has 100 valence electrons. The van der Waals surface area contributed by atoms with E-state index in [2.05, 4.69) is 14.3 Å². The highest BCUT2D eigenvalue weighted by atomic mass is 32.1. The molecule has 0 bridgehead atoms. The summed E-state index contributed by atoms with van der Waals surface area (Å²) in [6.45, 7) is 3.45. The molecule has 1 saturated heterocycles. The minimum Gasteiger partial charge on any atom is -0.382 e. The Bertz CT molecular complexity index is 535. The highest BCUT2D eigenvalue weighted by Crippen LogP contribution is 2.39. The lowest BCUT2D eigenvalue weighted by Gasteiger charge is -2.21. The molecule has 3 rings (SSSR count). The zero-order valence-electron chi connectivity index (χ0n) is 10.6. The van der Waals surface area contributed by atoms with Gasteiger partial charge in [-0.1, -0.05) is 6.07 Å². The Hall–Kier alpha value is -1.66. The Morgan fingerprint density at radius 1 is 1.32 bits per heavy atom. The lowest BCUT2D eigenvalue weighted by molar-refractivity contribution is 0.152. The van der Waals surface area contributed by atoms with Crippen LogP contribution < -0.4 is 10.6 Å². The van der Waals surface area contributed by atoms with Crippen molar-refractivity contribution in [2.45, 2.75) is 6.42 Å². The Morgan fingerprint density at radius 2 is 2.26 bits per heavy atom. The van der Waals surface area contributed by atoms with Gasteiger partial charge < -0.3 is 15.4 Å². The number of hydrogen-bond donors (Lipinski definition) is 1. The largest absolute Gasteiger partial charge is 0.382 e. The smallest absolute Gasteiger partial charge is 0.147 e. The third-order valence-corrected chi connectivity index (χ3v) is 4.08. The fourth-order valence-electron chi connectivity index (χ4n) is 2.24. The second kappa shape index (κ2) is 5.54. The minimum atomic E-state index is 0.582. The van der Waals surface area contributed by atoms with Crippen molar-refractivity contribution in [3.05, 3.63) is 24.5 Å². The molecule has 3 heterocycles. The maximum absolute atomic E-state index is 6.03. The predicted octanol–water partition coefficient (Wildman–Crippen LogP) is 2.01. The average Bonchev–Trinajstić information content (AvgIpc) is 2.67. The van der Waals surface area contributed by atoms with Crippen LogP contribution in [0.2, 0.25) is 0 Å². The van der Waals surface area contributed by atoms with Crippen molar-refractivity contribution in [1.82, 2.24) is 9.36 Å². The van der Waals surface area contributed by atoms with Crippen molar-refractivity contribution in [3.63, 3.8) is 0 Å². The number of anilines is 2. The minimum absolute atomic E-state index is 0.582. The molecular weight excluding hydrogens is 260 g/mol. The summed E-state index contributed by atoms with van der Waals surface area (Å²) < 4.78 is 9.81. The van der Waals surface area contributed by atoms with E-state index in [1.807, 2.05) is 18.3 Å². The van der Waals surface area contributed by atoms with E-state index in [1.165, 1.54) is 11.5 Å². The van der Waals surface area contributed by atoms with Crippen molar-refractivity contribution in [1.29, 1.82) is 0 Å². The van der Waals surface area contributed by atoms with E-state index in [0.717, 1.165) is 48.9 Å². The van der Waals surface area contributed by atoms with Crippen LogP contribution in [0.25, 0.3) is 11.1 Å². The molecule has 0 unspecified atom stereocenters. The lowest BCUT2D eigenvalue weighted by Crippen LogP contribution is -2.25. The number of nitrogen functional groups attached to an aromatic ring is 1. The number of hydrogen-bond acceptors (Lipinski definition) is 6. The van der Waals surface area contributed by atoms with Crippen LogP contribution in [-0.2, 0) is 4.74 Å². The maximum atomic E-state index is 6.03. The number of pyridine rings is 1. The molecule has 0 aliphatic carbocycles. The molecule has 0 atom stereocenters. The Kier molecular flexibility index (Phi) is 3.61. The Labute approximate surface area is 116 Å². The number of ether oxygens (including phenoxy) is 1. The second-order valence-corrected chi connectivity index (χ2v) is 5.19. The van der Waals surface area contributed by atoms with Crippen LogP contribution in [-0.4, -0.2) is 35.7 Å². The van der Waals surface area contributed by atoms with Crippen molar-refractivity contribution in [3.8, 4) is 11.1 Å². The molecule has 0 aromatic carbocycles. The van der Waals surface area contributed by atoms with E-state index in [9.17, 15) is 0 Å². The van der Waals surface area contributed by atoms with Crippen LogP contribution >= 0.6 is 11.5 Å². The van der Waals surface area contributed by atoms with Crippen LogP contribution in [0.5, 0.6) is 0 Å². The van der Waals surface area contributed by atoms with Crippen LogP contribution in [0.3, 0.4) is 0 Å². The van der Waals surface area contributed by atoms with E-state index in [0.29, 0.717) is 5.82 Å². The second-order valence-electron chi connectivity index (χ2n) is 4.44. The van der Waals surface area contributed by atoms with Gasteiger partial charge in [0.15, 0.2) is 0 Å². The van der Waals surface area contributed by atoms with Gasteiger partial charge >= 0.3 is 0 Å². The molecule has 19 heavy (non-hydrogen) atoms. The van der Waals surface area contributed by atoms with Gasteiger partial charge in [0.2, 0.25) is 0 Å². The van der Waals surface area contributed by atoms with Crippen molar-refractivity contribution in [2.75, 3.05) is 36.9 Å². The first-order valence-electron chi connectivity index (χ1n) is 6.34. The zero-order valence-corrected chi connectivity index (χ0v) is 11.4. The van der Waals surface area contributed by atoms with Crippen molar-refractivity contribution >= 4 is 22.4 Å². The van der Waals surface area contributed by atoms with Gasteiger partial charge in [-0.05, 0) is 24.0 Å². The highest BCUT2D eigenvalue weighted by Gasteiger charge is 2.20. The molecule has 5 nitrogen and oxygen atoms in total. The first-order valence-corrected chi connectivity index (χ1v) is 7.12. The summed E-state index contributed by atoms with van der Waals surface area (Å²) in [7, 11) is 0. The van der Waals surface area contributed by atoms with Crippen LogP contribution in [0.1, 0.15) is 6.42 Å². The Balaban J connectivity index is 1.98. The van der Waals surface area contributed by atoms with Gasteiger partial charge in [0.1, 0.15) is 10.8 Å². The van der Waals surface area contributed by atoms with Crippen molar-refractivity contribution < 1.29 is 4.74 Å². The summed E-state index contributed by atoms with van der Waals surface area (Å²) in [6, 6.07) is 3.94. The summed E-state index contributed by atoms with van der Waals surface area (Å²) in [5.74, 6) is 0.582. The summed E-state index contributed by atoms with van der Waals surface area (Å²) in [4.78, 5) is 6.47. The molecule has 0 radical (unpaired) electrons. The standard InChI is InChI=1S/C13H16N4OS/c14-12-11(10-3-1-4-15-9-10)13(19-16-12)17-5-2-7-18-8-6-17/h1,3-4,9H,2,5-8H2,(H2,14,16). The van der Waals surface area contributed by atoms with Gasteiger partial charge in [0, 0.05) is 37.7 Å². The van der Waals surface area contributed by atoms with Crippen LogP contribution in [0, 0.1) is 0 Å². The Morgan fingerprint density at radius 3 is 3.11 bits per heavy atom. The summed E-state index contributed by atoms with van der Waals surface area (Å²) in [5, 5.41) is 1.12. The fourth-order valence-corrected chi connectivity index (χ4v) is 3.13.